The lowest BCUT2D eigenvalue weighted by molar-refractivity contribution is -0.383. The number of carbonyl (C=O) groups excluding carboxylic acids is 2. The van der Waals surface area contributed by atoms with Crippen LogP contribution in [0.15, 0.2) is 12.7 Å². The molecule has 0 aromatic carbocycles. The van der Waals surface area contributed by atoms with Gasteiger partial charge in [0.1, 0.15) is 141 Å². The Morgan fingerprint density at radius 2 is 0.987 bits per heavy atom. The Morgan fingerprint density at radius 3 is 1.36 bits per heavy atom. The summed E-state index contributed by atoms with van der Waals surface area (Å²) in [5, 5.41) is 241. The molecule has 28 N–H and O–H groups in total. The quantitative estimate of drug-likeness (QED) is 0.0475. The maximum atomic E-state index is 10.00. The molecule has 5 aliphatic heterocycles. The normalized spacial score (nSPS) is 43.0. The number of primary amides is 1. The number of ether oxygens (including phenoxy) is 7. The van der Waals surface area contributed by atoms with E-state index in [1.807, 2.05) is 0 Å². The highest BCUT2D eigenvalue weighted by molar-refractivity contribution is 5.85. The van der Waals surface area contributed by atoms with Crippen molar-refractivity contribution in [3.8, 4) is 0 Å². The van der Waals surface area contributed by atoms with Crippen molar-refractivity contribution in [2.75, 3.05) is 52.9 Å². The van der Waals surface area contributed by atoms with Crippen LogP contribution in [-0.2, 0) is 42.7 Å². The first kappa shape index (κ1) is 70.6. The molecule has 0 unspecified atom stereocenters. The first-order chi connectivity index (χ1) is 35.0. The van der Waals surface area contributed by atoms with Crippen molar-refractivity contribution in [3.63, 3.8) is 0 Å². The van der Waals surface area contributed by atoms with Crippen molar-refractivity contribution >= 4 is 12.2 Å². The summed E-state index contributed by atoms with van der Waals surface area (Å²) in [6.45, 7) is -2.70. The summed E-state index contributed by atoms with van der Waals surface area (Å²) < 4.78 is 35.3. The second-order valence-electron chi connectivity index (χ2n) is 16.8. The van der Waals surface area contributed by atoms with Gasteiger partial charge in [-0.15, -0.1) is 0 Å². The van der Waals surface area contributed by atoms with Gasteiger partial charge in [-0.2, -0.15) is 0 Å². The average molecular weight is 1120 g/mol. The fourth-order valence-corrected chi connectivity index (χ4v) is 6.97. The number of rotatable bonds is 17. The predicted octanol–water partition coefficient (Wildman–Crippen LogP) is -17.7. The Hall–Kier alpha value is -2.44. The molecule has 0 saturated carbocycles. The maximum Gasteiger partial charge on any atom is 0.240 e. The number of hydrogen-bond donors (Lipinski definition) is 27. The zero-order valence-electron chi connectivity index (χ0n) is 39.3. The zero-order chi connectivity index (χ0) is 58.0. The zero-order valence-corrected chi connectivity index (χ0v) is 39.3. The van der Waals surface area contributed by atoms with Gasteiger partial charge in [0.25, 0.3) is 0 Å². The molecular formula is C39H73NO35. The highest BCUT2D eigenvalue weighted by Crippen LogP contribution is 2.36. The van der Waals surface area contributed by atoms with Gasteiger partial charge in [-0.1, -0.05) is 6.58 Å². The Morgan fingerprint density at radius 1 is 0.547 bits per heavy atom. The average Bonchev–Trinajstić information content (AvgIpc) is 3.79. The number of nitrogens with two attached hydrogens (primary N) is 1. The summed E-state index contributed by atoms with van der Waals surface area (Å²) in [6, 6.07) is 0. The molecule has 0 aromatic rings. The Balaban J connectivity index is 0.000000504. The van der Waals surface area contributed by atoms with Crippen LogP contribution in [0.5, 0.6) is 0 Å². The van der Waals surface area contributed by atoms with Crippen LogP contribution in [0.4, 0.5) is 0 Å². The number of hydrogen-bond acceptors (Lipinski definition) is 35. The second-order valence-corrected chi connectivity index (χ2v) is 16.8. The van der Waals surface area contributed by atoms with Crippen LogP contribution in [0.2, 0.25) is 0 Å². The van der Waals surface area contributed by atoms with Crippen molar-refractivity contribution in [1.82, 2.24) is 0 Å². The predicted molar refractivity (Wildman–Crippen MR) is 230 cm³/mol. The molecular weight excluding hydrogens is 1040 g/mol. The monoisotopic (exact) mass is 1120 g/mol. The number of aldehydes is 1. The van der Waals surface area contributed by atoms with Gasteiger partial charge in [0.2, 0.25) is 17.5 Å². The van der Waals surface area contributed by atoms with Crippen molar-refractivity contribution < 1.29 is 176 Å². The first-order valence-electron chi connectivity index (χ1n) is 22.2. The third-order valence-electron chi connectivity index (χ3n) is 11.6. The molecule has 0 radical (unpaired) electrons. The SMILES string of the molecule is C=CC(N)=O.O=C[C@H](O)[C@@H](O)[C@H](O)[C@H](O)CO.OC[C@H]1O[C@@](CO)(O[C@H]2O[C@H](CO)[C@@H](O)[C@H](O)[C@H]2O)[C@@H](O)[C@@H]1O.OC[C@H]1O[C@H](O[C@H]2[C@H](O)[C@@H](O)[C@H](O)O[C@@H]2CO)[C@H](O)[C@@H](O)[C@@H]1O.OC[C@H]1O[C@](O)(CO)[C@@H](O)[C@@H]1O. The van der Waals surface area contributed by atoms with Crippen LogP contribution in [0.25, 0.3) is 0 Å². The van der Waals surface area contributed by atoms with Gasteiger partial charge in [-0.3, -0.25) is 4.79 Å². The number of aliphatic hydroxyl groups excluding tert-OH is 25. The van der Waals surface area contributed by atoms with Gasteiger partial charge in [-0.05, 0) is 6.08 Å². The van der Waals surface area contributed by atoms with E-state index in [1.54, 1.807) is 0 Å². The minimum Gasteiger partial charge on any atom is -0.394 e. The minimum absolute atomic E-state index is 0.0258. The second kappa shape index (κ2) is 32.6. The third-order valence-corrected chi connectivity index (χ3v) is 11.6. The van der Waals surface area contributed by atoms with E-state index in [1.165, 1.54) is 0 Å². The van der Waals surface area contributed by atoms with Crippen molar-refractivity contribution in [1.29, 1.82) is 0 Å². The highest BCUT2D eigenvalue weighted by Gasteiger charge is 2.59. The van der Waals surface area contributed by atoms with Crippen molar-refractivity contribution in [2.24, 2.45) is 5.73 Å². The van der Waals surface area contributed by atoms with E-state index >= 15 is 0 Å². The Labute approximate surface area is 423 Å². The van der Waals surface area contributed by atoms with Crippen molar-refractivity contribution in [2.45, 2.75) is 165 Å². The van der Waals surface area contributed by atoms with Crippen LogP contribution in [0.1, 0.15) is 0 Å². The standard InChI is InChI=1S/2C12H22O11.2C6H12O6.C3H5NO/c13-1-4-6(16)8(18)9(19)11(21-4)23-12(3-15)10(20)7(17)5(2-14)22-12;13-1-3-5(15)6(16)9(19)12(22-3)23-10-4(2-14)21-11(20)8(18)7(10)17;7-1-3-4(9)5(10)6(11,2-8)12-3;7-1-3(9)5(11)6(12)4(10)2-8;1-2-3(4)5/h4-11,13-20H,1-3H2;3-20H,1-2H2;3-5,7-11H,1-2H2;1,3-6,8-12H,2H2;2H,1H2,(H2,4,5)/t4-,5-,6-,7-,8+,9-,10+,11-,12+;3-,4-,5-,6+,7-,8-,9-,10-,11-,12-;3-,4-,5+,6-;3-,4+,5+,6+;/m1110./s1. The van der Waals surface area contributed by atoms with E-state index in [9.17, 15) is 81.1 Å². The summed E-state index contributed by atoms with van der Waals surface area (Å²) in [4.78, 5) is 19.4. The Kier molecular flexibility index (Phi) is 30.7. The molecule has 5 fully saturated rings. The Bertz CT molecular complexity index is 1630. The van der Waals surface area contributed by atoms with Crippen LogP contribution in [0.3, 0.4) is 0 Å². The highest BCUT2D eigenvalue weighted by atomic mass is 16.8. The summed E-state index contributed by atoms with van der Waals surface area (Å²) in [7, 11) is 0. The van der Waals surface area contributed by atoms with E-state index in [0.717, 1.165) is 6.08 Å². The molecule has 36 heteroatoms. The van der Waals surface area contributed by atoms with E-state index < -0.39 is 223 Å². The van der Waals surface area contributed by atoms with Crippen LogP contribution in [0, 0.1) is 0 Å². The molecule has 5 rings (SSSR count). The molecule has 5 heterocycles. The third kappa shape index (κ3) is 18.0. The van der Waals surface area contributed by atoms with Gasteiger partial charge in [0, 0.05) is 0 Å². The minimum atomic E-state index is -2.22. The molecule has 36 nitrogen and oxygen atoms in total. The molecule has 0 aromatic heterocycles. The molecule has 0 spiro atoms. The summed E-state index contributed by atoms with van der Waals surface area (Å²) >= 11 is 0. The number of amides is 1. The summed E-state index contributed by atoms with van der Waals surface area (Å²) in [6.07, 6.45) is -38.0. The first-order valence-corrected chi connectivity index (χ1v) is 22.2. The van der Waals surface area contributed by atoms with Gasteiger partial charge in [-0.25, -0.2) is 0 Å². The number of carbonyl (C=O) groups is 2. The van der Waals surface area contributed by atoms with E-state index in [0.29, 0.717) is 0 Å². The smallest absolute Gasteiger partial charge is 0.240 e. The van der Waals surface area contributed by atoms with E-state index in [-0.39, 0.29) is 6.29 Å². The maximum absolute atomic E-state index is 10.00. The van der Waals surface area contributed by atoms with Crippen LogP contribution in [-0.4, -0.2) is 363 Å². The lowest BCUT2D eigenvalue weighted by atomic mass is 9.97. The fourth-order valence-electron chi connectivity index (χ4n) is 6.97. The topological polar surface area (TPSA) is 651 Å². The molecule has 444 valence electrons. The fraction of sp³-hybridized carbons (Fsp3) is 0.897. The molecule has 5 saturated heterocycles. The lowest BCUT2D eigenvalue weighted by Gasteiger charge is -2.45. The summed E-state index contributed by atoms with van der Waals surface area (Å²) in [5.41, 5.74) is 4.53. The molecule has 75 heavy (non-hydrogen) atoms. The van der Waals surface area contributed by atoms with Gasteiger partial charge >= 0.3 is 0 Å². The number of aliphatic hydroxyl groups is 26. The van der Waals surface area contributed by atoms with Crippen LogP contribution >= 0.6 is 0 Å². The van der Waals surface area contributed by atoms with Crippen molar-refractivity contribution in [3.05, 3.63) is 12.7 Å². The molecule has 0 aliphatic carbocycles. The van der Waals surface area contributed by atoms with Gasteiger partial charge in [0.05, 0.1) is 46.2 Å². The molecule has 5 aliphatic rings. The van der Waals surface area contributed by atoms with E-state index in [2.05, 4.69) is 17.0 Å². The summed E-state index contributed by atoms with van der Waals surface area (Å²) in [5.74, 6) is -4.86. The largest absolute Gasteiger partial charge is 0.394 e. The van der Waals surface area contributed by atoms with E-state index in [4.69, 9.17) is 89.7 Å². The van der Waals surface area contributed by atoms with Gasteiger partial charge < -0.3 is 176 Å². The molecule has 0 bridgehead atoms. The molecule has 1 amide bonds. The van der Waals surface area contributed by atoms with Gasteiger partial charge in [0.15, 0.2) is 25.2 Å². The lowest BCUT2D eigenvalue weighted by Crippen LogP contribution is -2.64. The van der Waals surface area contributed by atoms with Crippen LogP contribution < -0.4 is 5.73 Å². The molecule has 27 atom stereocenters.